The topological polar surface area (TPSA) is 76.0 Å². The van der Waals surface area contributed by atoms with Gasteiger partial charge in [-0.05, 0) is 43.7 Å². The van der Waals surface area contributed by atoms with Crippen LogP contribution in [0.4, 0.5) is 4.39 Å². The summed E-state index contributed by atoms with van der Waals surface area (Å²) in [6.07, 6.45) is 1.54. The molecule has 2 aromatic heterocycles. The highest BCUT2D eigenvalue weighted by atomic mass is 19.1. The summed E-state index contributed by atoms with van der Waals surface area (Å²) in [4.78, 5) is 29.7. The van der Waals surface area contributed by atoms with Crippen LogP contribution in [0.3, 0.4) is 0 Å². The highest BCUT2D eigenvalue weighted by molar-refractivity contribution is 6.06. The molecular formula is C19H19FN4O2. The van der Waals surface area contributed by atoms with E-state index in [1.54, 1.807) is 37.4 Å². The molecule has 0 spiro atoms. The van der Waals surface area contributed by atoms with Crippen molar-refractivity contribution < 1.29 is 9.18 Å². The van der Waals surface area contributed by atoms with Gasteiger partial charge in [0.15, 0.2) is 0 Å². The van der Waals surface area contributed by atoms with Gasteiger partial charge in [-0.15, -0.1) is 0 Å². The number of rotatable bonds is 5. The lowest BCUT2D eigenvalue weighted by molar-refractivity contribution is 0.0951. The summed E-state index contributed by atoms with van der Waals surface area (Å²) in [5.74, 6) is -0.733. The number of halogens is 1. The smallest absolute Gasteiger partial charge is 0.278 e. The van der Waals surface area contributed by atoms with Crippen LogP contribution in [0, 0.1) is 12.7 Å². The first-order chi connectivity index (χ1) is 12.5. The highest BCUT2D eigenvalue weighted by Gasteiger charge is 2.20. The van der Waals surface area contributed by atoms with Gasteiger partial charge in [-0.2, -0.15) is 0 Å². The maximum atomic E-state index is 13.3. The molecule has 0 atom stereocenters. The van der Waals surface area contributed by atoms with Crippen molar-refractivity contribution in [1.29, 1.82) is 0 Å². The van der Waals surface area contributed by atoms with E-state index in [1.165, 1.54) is 16.8 Å². The van der Waals surface area contributed by atoms with Crippen LogP contribution in [0.25, 0.3) is 10.9 Å². The molecule has 2 heterocycles. The number of aromatic nitrogens is 2. The second-order valence-corrected chi connectivity index (χ2v) is 5.82. The summed E-state index contributed by atoms with van der Waals surface area (Å²) in [7, 11) is 0. The monoisotopic (exact) mass is 354 g/mol. The van der Waals surface area contributed by atoms with E-state index in [0.717, 1.165) is 0 Å². The normalized spacial score (nSPS) is 10.7. The van der Waals surface area contributed by atoms with Gasteiger partial charge < -0.3 is 10.7 Å². The fourth-order valence-electron chi connectivity index (χ4n) is 2.87. The zero-order chi connectivity index (χ0) is 18.7. The zero-order valence-electron chi connectivity index (χ0n) is 14.5. The van der Waals surface area contributed by atoms with E-state index >= 15 is 0 Å². The molecule has 0 aliphatic carbocycles. The fraction of sp³-hybridized carbons (Fsp3) is 0.211. The second-order valence-electron chi connectivity index (χ2n) is 5.82. The number of benzene rings is 1. The maximum absolute atomic E-state index is 13.3. The van der Waals surface area contributed by atoms with Crippen molar-refractivity contribution in [2.45, 2.75) is 20.4 Å². The molecule has 7 heteroatoms. The lowest BCUT2D eigenvalue weighted by atomic mass is 10.1. The standard InChI is InChI=1S/C19H19FN4O2/c1-3-23-24-12(2)16(17-15(19(24)26)8-5-9-21-17)18(25)22-11-13-6-4-7-14(20)10-13/h4-10,23H,3,11H2,1-2H3,(H,22,25). The molecule has 3 rings (SSSR count). The molecule has 0 radical (unpaired) electrons. The third-order valence-corrected chi connectivity index (χ3v) is 4.06. The summed E-state index contributed by atoms with van der Waals surface area (Å²) in [6.45, 7) is 4.25. The molecule has 1 aromatic carbocycles. The highest BCUT2D eigenvalue weighted by Crippen LogP contribution is 2.17. The Hall–Kier alpha value is -3.22. The lowest BCUT2D eigenvalue weighted by Crippen LogP contribution is -2.35. The van der Waals surface area contributed by atoms with Crippen LogP contribution in [0.15, 0.2) is 47.4 Å². The van der Waals surface area contributed by atoms with Crippen LogP contribution in [-0.4, -0.2) is 22.1 Å². The fourth-order valence-corrected chi connectivity index (χ4v) is 2.87. The Bertz CT molecular complexity index is 1030. The molecule has 2 N–H and O–H groups in total. The average molecular weight is 354 g/mol. The Morgan fingerprint density at radius 3 is 2.81 bits per heavy atom. The van der Waals surface area contributed by atoms with Gasteiger partial charge in [0.25, 0.3) is 11.5 Å². The molecule has 0 bridgehead atoms. The number of carbonyl (C=O) groups is 1. The molecule has 0 saturated heterocycles. The van der Waals surface area contributed by atoms with E-state index in [1.807, 2.05) is 6.92 Å². The van der Waals surface area contributed by atoms with Crippen LogP contribution in [-0.2, 0) is 6.54 Å². The van der Waals surface area contributed by atoms with Gasteiger partial charge in [-0.25, -0.2) is 9.07 Å². The molecule has 0 aliphatic heterocycles. The second kappa shape index (κ2) is 7.35. The third-order valence-electron chi connectivity index (χ3n) is 4.06. The molecule has 134 valence electrons. The van der Waals surface area contributed by atoms with Crippen molar-refractivity contribution in [1.82, 2.24) is 15.0 Å². The minimum Gasteiger partial charge on any atom is -0.348 e. The van der Waals surface area contributed by atoms with Crippen LogP contribution in [0.2, 0.25) is 0 Å². The molecule has 0 aliphatic rings. The number of pyridine rings is 2. The quantitative estimate of drug-likeness (QED) is 0.737. The number of fused-ring (bicyclic) bond motifs is 1. The lowest BCUT2D eigenvalue weighted by Gasteiger charge is -2.17. The average Bonchev–Trinajstić information content (AvgIpc) is 2.64. The van der Waals surface area contributed by atoms with Gasteiger partial charge in [-0.1, -0.05) is 12.1 Å². The minimum absolute atomic E-state index is 0.171. The van der Waals surface area contributed by atoms with Crippen molar-refractivity contribution in [2.24, 2.45) is 0 Å². The SMILES string of the molecule is CCNn1c(C)c(C(=O)NCc2cccc(F)c2)c2ncccc2c1=O. The largest absolute Gasteiger partial charge is 0.348 e. The molecule has 0 unspecified atom stereocenters. The van der Waals surface area contributed by atoms with E-state index in [4.69, 9.17) is 0 Å². The first-order valence-electron chi connectivity index (χ1n) is 8.29. The van der Waals surface area contributed by atoms with Crippen LogP contribution in [0.1, 0.15) is 28.5 Å². The predicted octanol–water partition coefficient (Wildman–Crippen LogP) is 2.34. The van der Waals surface area contributed by atoms with Gasteiger partial charge in [-0.3, -0.25) is 14.6 Å². The summed E-state index contributed by atoms with van der Waals surface area (Å²) in [5, 5.41) is 3.13. The number of hydrogen-bond donors (Lipinski definition) is 2. The van der Waals surface area contributed by atoms with Crippen molar-refractivity contribution in [3.63, 3.8) is 0 Å². The molecule has 1 amide bonds. The summed E-state index contributed by atoms with van der Waals surface area (Å²) >= 11 is 0. The van der Waals surface area contributed by atoms with Crippen LogP contribution < -0.4 is 16.3 Å². The molecule has 0 fully saturated rings. The van der Waals surface area contributed by atoms with Crippen molar-refractivity contribution in [3.05, 3.63) is 75.6 Å². The van der Waals surface area contributed by atoms with E-state index in [9.17, 15) is 14.0 Å². The van der Waals surface area contributed by atoms with Crippen LogP contribution >= 0.6 is 0 Å². The van der Waals surface area contributed by atoms with E-state index < -0.39 is 0 Å². The third kappa shape index (κ3) is 3.28. The summed E-state index contributed by atoms with van der Waals surface area (Å²) in [6, 6.07) is 9.32. The van der Waals surface area contributed by atoms with Crippen LogP contribution in [0.5, 0.6) is 0 Å². The molecular weight excluding hydrogens is 335 g/mol. The Morgan fingerprint density at radius 2 is 2.08 bits per heavy atom. The molecule has 0 saturated carbocycles. The van der Waals surface area contributed by atoms with Gasteiger partial charge in [0.05, 0.1) is 22.2 Å². The Morgan fingerprint density at radius 1 is 1.27 bits per heavy atom. The molecule has 6 nitrogen and oxygen atoms in total. The van der Waals surface area contributed by atoms with E-state index in [-0.39, 0.29) is 23.8 Å². The Kier molecular flexibility index (Phi) is 4.97. The number of hydrogen-bond acceptors (Lipinski definition) is 4. The first-order valence-corrected chi connectivity index (χ1v) is 8.29. The van der Waals surface area contributed by atoms with E-state index in [0.29, 0.717) is 34.3 Å². The first kappa shape index (κ1) is 17.6. The van der Waals surface area contributed by atoms with Gasteiger partial charge in [0.1, 0.15) is 5.82 Å². The van der Waals surface area contributed by atoms with Crippen molar-refractivity contribution in [2.75, 3.05) is 12.0 Å². The van der Waals surface area contributed by atoms with Crippen molar-refractivity contribution in [3.8, 4) is 0 Å². The maximum Gasteiger partial charge on any atom is 0.278 e. The van der Waals surface area contributed by atoms with Crippen molar-refractivity contribution >= 4 is 16.8 Å². The number of nitrogens with zero attached hydrogens (tertiary/aromatic N) is 2. The summed E-state index contributed by atoms with van der Waals surface area (Å²) < 4.78 is 14.7. The summed E-state index contributed by atoms with van der Waals surface area (Å²) in [5.41, 5.74) is 4.49. The number of amides is 1. The number of nitrogens with one attached hydrogen (secondary N) is 2. The molecule has 3 aromatic rings. The van der Waals surface area contributed by atoms with Gasteiger partial charge >= 0.3 is 0 Å². The zero-order valence-corrected chi connectivity index (χ0v) is 14.5. The van der Waals surface area contributed by atoms with E-state index in [2.05, 4.69) is 15.7 Å². The molecule has 26 heavy (non-hydrogen) atoms. The Labute approximate surface area is 149 Å². The minimum atomic E-state index is -0.373. The predicted molar refractivity (Wildman–Crippen MR) is 98.2 cm³/mol. The Balaban J connectivity index is 2.02. The van der Waals surface area contributed by atoms with Gasteiger partial charge in [0.2, 0.25) is 0 Å². The number of carbonyl (C=O) groups excluding carboxylic acids is 1. The van der Waals surface area contributed by atoms with Gasteiger partial charge in [0, 0.05) is 19.3 Å².